The molecule has 2 rings (SSSR count). The van der Waals surface area contributed by atoms with Crippen molar-refractivity contribution in [1.82, 2.24) is 14.9 Å². The van der Waals surface area contributed by atoms with Crippen LogP contribution < -0.4 is 10.9 Å². The Kier molecular flexibility index (Phi) is 6.90. The molecule has 1 heterocycles. The summed E-state index contributed by atoms with van der Waals surface area (Å²) in [5.74, 6) is 0.615. The number of nitrogens with zero attached hydrogens (tertiary/aromatic N) is 2. The maximum Gasteiger partial charge on any atom is 0.262 e. The van der Waals surface area contributed by atoms with Gasteiger partial charge in [0, 0.05) is 17.6 Å². The van der Waals surface area contributed by atoms with Gasteiger partial charge in [-0.05, 0) is 44.4 Å². The van der Waals surface area contributed by atoms with E-state index in [1.165, 1.54) is 11.8 Å². The van der Waals surface area contributed by atoms with Crippen LogP contribution in [0.25, 0.3) is 10.9 Å². The number of halogens is 1. The maximum atomic E-state index is 12.9. The molecular weight excluding hydrogens is 358 g/mol. The second-order valence-electron chi connectivity index (χ2n) is 6.71. The first-order valence-electron chi connectivity index (χ1n) is 8.40. The van der Waals surface area contributed by atoms with Crippen molar-refractivity contribution >= 4 is 40.2 Å². The Bertz CT molecular complexity index is 818. The SMILES string of the molecule is CC(C)CCn1c(SCC(=O)NC(C)C)nc2cc(Cl)ccc2c1=O. The number of carbonyl (C=O) groups excluding carboxylic acids is 1. The van der Waals surface area contributed by atoms with Crippen molar-refractivity contribution in [1.29, 1.82) is 0 Å². The lowest BCUT2D eigenvalue weighted by atomic mass is 10.1. The van der Waals surface area contributed by atoms with E-state index in [1.54, 1.807) is 22.8 Å². The second-order valence-corrected chi connectivity index (χ2v) is 8.08. The molecule has 0 unspecified atom stereocenters. The number of aromatic nitrogens is 2. The average molecular weight is 382 g/mol. The first-order valence-corrected chi connectivity index (χ1v) is 9.76. The minimum absolute atomic E-state index is 0.0733. The monoisotopic (exact) mass is 381 g/mol. The molecule has 0 saturated carbocycles. The molecule has 0 saturated heterocycles. The molecule has 2 aromatic rings. The third kappa shape index (κ3) is 5.47. The first-order chi connectivity index (χ1) is 11.8. The summed E-state index contributed by atoms with van der Waals surface area (Å²) < 4.78 is 1.67. The summed E-state index contributed by atoms with van der Waals surface area (Å²) in [5, 5.41) is 4.48. The highest BCUT2D eigenvalue weighted by Gasteiger charge is 2.14. The van der Waals surface area contributed by atoms with Crippen LogP contribution in [0.4, 0.5) is 0 Å². The zero-order chi connectivity index (χ0) is 18.6. The van der Waals surface area contributed by atoms with Crippen molar-refractivity contribution in [2.24, 2.45) is 5.92 Å². The summed E-state index contributed by atoms with van der Waals surface area (Å²) in [6, 6.07) is 5.17. The van der Waals surface area contributed by atoms with Crippen molar-refractivity contribution in [3.05, 3.63) is 33.6 Å². The molecule has 136 valence electrons. The molecule has 0 spiro atoms. The van der Waals surface area contributed by atoms with Crippen molar-refractivity contribution in [2.45, 2.75) is 51.9 Å². The average Bonchev–Trinajstić information content (AvgIpc) is 2.51. The molecule has 1 N–H and O–H groups in total. The van der Waals surface area contributed by atoms with Gasteiger partial charge in [0.15, 0.2) is 5.16 Å². The number of nitrogens with one attached hydrogen (secondary N) is 1. The largest absolute Gasteiger partial charge is 0.353 e. The van der Waals surface area contributed by atoms with Crippen molar-refractivity contribution in [3.63, 3.8) is 0 Å². The van der Waals surface area contributed by atoms with E-state index in [9.17, 15) is 9.59 Å². The smallest absolute Gasteiger partial charge is 0.262 e. The Hall–Kier alpha value is -1.53. The van der Waals surface area contributed by atoms with Crippen LogP contribution in [0.3, 0.4) is 0 Å². The van der Waals surface area contributed by atoms with Crippen LogP contribution in [0.1, 0.15) is 34.1 Å². The van der Waals surface area contributed by atoms with Gasteiger partial charge in [0.1, 0.15) is 0 Å². The summed E-state index contributed by atoms with van der Waals surface area (Å²) in [7, 11) is 0. The minimum Gasteiger partial charge on any atom is -0.353 e. The van der Waals surface area contributed by atoms with Gasteiger partial charge in [0.05, 0.1) is 16.7 Å². The Balaban J connectivity index is 2.38. The molecule has 1 amide bonds. The normalized spacial score (nSPS) is 11.5. The number of amides is 1. The van der Waals surface area contributed by atoms with Crippen LogP contribution in [-0.2, 0) is 11.3 Å². The zero-order valence-electron chi connectivity index (χ0n) is 15.0. The third-order valence-electron chi connectivity index (χ3n) is 3.59. The van der Waals surface area contributed by atoms with Gasteiger partial charge in [-0.15, -0.1) is 0 Å². The van der Waals surface area contributed by atoms with Crippen LogP contribution in [-0.4, -0.2) is 27.3 Å². The number of hydrogen-bond donors (Lipinski definition) is 1. The minimum atomic E-state index is -0.0888. The van der Waals surface area contributed by atoms with E-state index in [0.29, 0.717) is 33.5 Å². The lowest BCUT2D eigenvalue weighted by Gasteiger charge is -2.14. The molecule has 0 bridgehead atoms. The van der Waals surface area contributed by atoms with Gasteiger partial charge >= 0.3 is 0 Å². The van der Waals surface area contributed by atoms with Gasteiger partial charge in [-0.1, -0.05) is 37.2 Å². The van der Waals surface area contributed by atoms with Gasteiger partial charge in [0.2, 0.25) is 5.91 Å². The Morgan fingerprint density at radius 2 is 2.04 bits per heavy atom. The molecule has 0 radical (unpaired) electrons. The van der Waals surface area contributed by atoms with E-state index in [1.807, 2.05) is 13.8 Å². The summed E-state index contributed by atoms with van der Waals surface area (Å²) in [4.78, 5) is 29.4. The lowest BCUT2D eigenvalue weighted by molar-refractivity contribution is -0.119. The Labute approximate surface area is 157 Å². The number of fused-ring (bicyclic) bond motifs is 1. The molecule has 0 aliphatic carbocycles. The molecule has 7 heteroatoms. The lowest BCUT2D eigenvalue weighted by Crippen LogP contribution is -2.32. The van der Waals surface area contributed by atoms with Gasteiger partial charge in [0.25, 0.3) is 5.56 Å². The fourth-order valence-electron chi connectivity index (χ4n) is 2.36. The fourth-order valence-corrected chi connectivity index (χ4v) is 3.37. The van der Waals surface area contributed by atoms with E-state index < -0.39 is 0 Å². The second kappa shape index (κ2) is 8.72. The molecule has 1 aromatic carbocycles. The van der Waals surface area contributed by atoms with Gasteiger partial charge in [-0.25, -0.2) is 4.98 Å². The molecule has 0 atom stereocenters. The molecule has 1 aromatic heterocycles. The van der Waals surface area contributed by atoms with Crippen LogP contribution in [0.15, 0.2) is 28.2 Å². The van der Waals surface area contributed by atoms with E-state index in [0.717, 1.165) is 6.42 Å². The van der Waals surface area contributed by atoms with Crippen LogP contribution in [0.2, 0.25) is 5.02 Å². The predicted octanol–water partition coefficient (Wildman–Crippen LogP) is 3.71. The topological polar surface area (TPSA) is 64.0 Å². The molecule has 5 nitrogen and oxygen atoms in total. The molecule has 0 aliphatic rings. The van der Waals surface area contributed by atoms with Gasteiger partial charge in [-0.3, -0.25) is 14.2 Å². The van der Waals surface area contributed by atoms with Crippen molar-refractivity contribution in [3.8, 4) is 0 Å². The predicted molar refractivity (Wildman–Crippen MR) is 104 cm³/mol. The summed E-state index contributed by atoms with van der Waals surface area (Å²) in [5.41, 5.74) is 0.471. The van der Waals surface area contributed by atoms with E-state index in [4.69, 9.17) is 11.6 Å². The van der Waals surface area contributed by atoms with Gasteiger partial charge < -0.3 is 5.32 Å². The maximum absolute atomic E-state index is 12.9. The van der Waals surface area contributed by atoms with Crippen LogP contribution in [0, 0.1) is 5.92 Å². The quantitative estimate of drug-likeness (QED) is 0.586. The summed E-state index contributed by atoms with van der Waals surface area (Å²) >= 11 is 7.31. The first kappa shape index (κ1) is 19.8. The molecular formula is C18H24ClN3O2S. The molecule has 0 aliphatic heterocycles. The summed E-state index contributed by atoms with van der Waals surface area (Å²) in [6.07, 6.45) is 0.867. The highest BCUT2D eigenvalue weighted by Crippen LogP contribution is 2.21. The Morgan fingerprint density at radius 1 is 1.32 bits per heavy atom. The number of benzene rings is 1. The van der Waals surface area contributed by atoms with E-state index >= 15 is 0 Å². The van der Waals surface area contributed by atoms with Crippen LogP contribution in [0.5, 0.6) is 0 Å². The molecule has 25 heavy (non-hydrogen) atoms. The summed E-state index contributed by atoms with van der Waals surface area (Å²) in [6.45, 7) is 8.63. The molecule has 0 fully saturated rings. The van der Waals surface area contributed by atoms with Gasteiger partial charge in [-0.2, -0.15) is 0 Å². The standard InChI is InChI=1S/C18H24ClN3O2S/c1-11(2)7-8-22-17(24)14-6-5-13(19)9-15(14)21-18(22)25-10-16(23)20-12(3)4/h5-6,9,11-12H,7-8,10H2,1-4H3,(H,20,23). The number of carbonyl (C=O) groups is 1. The zero-order valence-corrected chi connectivity index (χ0v) is 16.6. The number of thioether (sulfide) groups is 1. The van der Waals surface area contributed by atoms with E-state index in [-0.39, 0.29) is 23.3 Å². The fraction of sp³-hybridized carbons (Fsp3) is 0.500. The number of hydrogen-bond acceptors (Lipinski definition) is 4. The Morgan fingerprint density at radius 3 is 2.68 bits per heavy atom. The van der Waals surface area contributed by atoms with Crippen molar-refractivity contribution < 1.29 is 4.79 Å². The van der Waals surface area contributed by atoms with Crippen molar-refractivity contribution in [2.75, 3.05) is 5.75 Å². The highest BCUT2D eigenvalue weighted by molar-refractivity contribution is 7.99. The van der Waals surface area contributed by atoms with Crippen LogP contribution >= 0.6 is 23.4 Å². The van der Waals surface area contributed by atoms with E-state index in [2.05, 4.69) is 24.1 Å². The highest BCUT2D eigenvalue weighted by atomic mass is 35.5. The third-order valence-corrected chi connectivity index (χ3v) is 4.81. The number of rotatable bonds is 7.